The zero-order valence-corrected chi connectivity index (χ0v) is 23.5. The summed E-state index contributed by atoms with van der Waals surface area (Å²) in [5, 5.41) is 13.1. The number of sulfone groups is 1. The van der Waals surface area contributed by atoms with Gasteiger partial charge >= 0.3 is 0 Å². The highest BCUT2D eigenvalue weighted by Gasteiger charge is 2.23. The number of likely N-dealkylation sites (N-methyl/N-ethyl adjacent to an activating group) is 1. The Bertz CT molecular complexity index is 1860. The Hall–Kier alpha value is -5.01. The molecule has 0 bridgehead atoms. The lowest BCUT2D eigenvalue weighted by Gasteiger charge is -2.34. The summed E-state index contributed by atoms with van der Waals surface area (Å²) in [7, 11) is -1.72. The van der Waals surface area contributed by atoms with Gasteiger partial charge in [-0.2, -0.15) is 5.10 Å². The number of imidazole rings is 1. The standard InChI is InChI=1S/C29H28N8O4S/c1-36-11-13-37(14-12-36)19-7-9-22(25(15-19)32-29(39)26-17-30-18-31-26)28(38)33-27-23-16-21(8-10-24(23)34-35-27)42(40,41)20-5-3-2-4-6-20/h2-10,15-18H,11-14H2,1H3,(H,30,31)(H,32,39)(H2,33,34,35,38). The van der Waals surface area contributed by atoms with Gasteiger partial charge in [0.05, 0.1) is 39.1 Å². The minimum atomic E-state index is -3.78. The van der Waals surface area contributed by atoms with Gasteiger partial charge in [-0.15, -0.1) is 0 Å². The molecule has 4 N–H and O–H groups in total. The lowest BCUT2D eigenvalue weighted by molar-refractivity contribution is 0.102. The van der Waals surface area contributed by atoms with E-state index in [0.29, 0.717) is 16.6 Å². The number of H-pyrrole nitrogens is 2. The molecule has 0 saturated carbocycles. The Kier molecular flexibility index (Phi) is 7.19. The molecule has 214 valence electrons. The largest absolute Gasteiger partial charge is 0.369 e. The van der Waals surface area contributed by atoms with Crippen LogP contribution in [0.15, 0.2) is 89.0 Å². The van der Waals surface area contributed by atoms with Gasteiger partial charge in [0.2, 0.25) is 9.84 Å². The van der Waals surface area contributed by atoms with Crippen LogP contribution in [-0.4, -0.2) is 78.5 Å². The second-order valence-corrected chi connectivity index (χ2v) is 11.9. The molecule has 0 atom stereocenters. The van der Waals surface area contributed by atoms with E-state index in [-0.39, 0.29) is 26.9 Å². The molecular formula is C29H28N8O4S. The molecule has 13 heteroatoms. The van der Waals surface area contributed by atoms with Gasteiger partial charge < -0.3 is 25.4 Å². The lowest BCUT2D eigenvalue weighted by atomic mass is 10.1. The maximum Gasteiger partial charge on any atom is 0.273 e. The minimum Gasteiger partial charge on any atom is -0.369 e. The number of carbonyl (C=O) groups excluding carboxylic acids is 2. The Balaban J connectivity index is 1.32. The highest BCUT2D eigenvalue weighted by molar-refractivity contribution is 7.91. The summed E-state index contributed by atoms with van der Waals surface area (Å²) in [5.74, 6) is -0.809. The molecule has 42 heavy (non-hydrogen) atoms. The number of benzene rings is 3. The first-order valence-electron chi connectivity index (χ1n) is 13.3. The molecule has 0 radical (unpaired) electrons. The number of nitrogens with zero attached hydrogens (tertiary/aromatic N) is 4. The molecule has 0 spiro atoms. The molecule has 2 amide bonds. The number of anilines is 3. The third-order valence-electron chi connectivity index (χ3n) is 7.24. The molecule has 5 aromatic rings. The van der Waals surface area contributed by atoms with Gasteiger partial charge in [-0.25, -0.2) is 13.4 Å². The average Bonchev–Trinajstić information content (AvgIpc) is 3.69. The van der Waals surface area contributed by atoms with E-state index in [2.05, 4.69) is 47.6 Å². The maximum atomic E-state index is 13.6. The molecule has 1 aliphatic rings. The van der Waals surface area contributed by atoms with Crippen LogP contribution in [0.2, 0.25) is 0 Å². The van der Waals surface area contributed by atoms with Crippen LogP contribution in [0.1, 0.15) is 20.8 Å². The number of amides is 2. The summed E-state index contributed by atoms with van der Waals surface area (Å²) in [6.07, 6.45) is 2.80. The predicted octanol–water partition coefficient (Wildman–Crippen LogP) is 3.38. The second kappa shape index (κ2) is 11.1. The SMILES string of the molecule is CN1CCN(c2ccc(C(=O)Nc3n[nH]c4ccc(S(=O)(=O)c5ccccc5)cc34)c(NC(=O)c3cnc[nH]3)c2)CC1. The maximum absolute atomic E-state index is 13.6. The van der Waals surface area contributed by atoms with Crippen molar-refractivity contribution in [2.45, 2.75) is 9.79 Å². The van der Waals surface area contributed by atoms with Crippen LogP contribution >= 0.6 is 0 Å². The number of piperazine rings is 1. The fraction of sp³-hybridized carbons (Fsp3) is 0.172. The first-order valence-corrected chi connectivity index (χ1v) is 14.7. The number of fused-ring (bicyclic) bond motifs is 1. The summed E-state index contributed by atoms with van der Waals surface area (Å²) in [6.45, 7) is 3.41. The van der Waals surface area contributed by atoms with Crippen LogP contribution in [0.5, 0.6) is 0 Å². The number of aromatic nitrogens is 4. The zero-order valence-electron chi connectivity index (χ0n) is 22.7. The van der Waals surface area contributed by atoms with Crippen LogP contribution in [0.25, 0.3) is 10.9 Å². The van der Waals surface area contributed by atoms with Crippen molar-refractivity contribution in [3.8, 4) is 0 Å². The van der Waals surface area contributed by atoms with Crippen molar-refractivity contribution in [2.75, 3.05) is 48.8 Å². The number of rotatable bonds is 7. The third-order valence-corrected chi connectivity index (χ3v) is 9.00. The molecule has 1 saturated heterocycles. The molecule has 3 aromatic carbocycles. The van der Waals surface area contributed by atoms with Crippen molar-refractivity contribution in [2.24, 2.45) is 0 Å². The molecule has 12 nitrogen and oxygen atoms in total. The lowest BCUT2D eigenvalue weighted by Crippen LogP contribution is -2.44. The Morgan fingerprint density at radius 3 is 2.40 bits per heavy atom. The van der Waals surface area contributed by atoms with Crippen LogP contribution < -0.4 is 15.5 Å². The topological polar surface area (TPSA) is 156 Å². The summed E-state index contributed by atoms with van der Waals surface area (Å²) in [4.78, 5) is 37.9. The highest BCUT2D eigenvalue weighted by Crippen LogP contribution is 2.30. The molecule has 1 fully saturated rings. The number of aromatic amines is 2. The van der Waals surface area contributed by atoms with Gasteiger partial charge in [0.15, 0.2) is 5.82 Å². The van der Waals surface area contributed by atoms with E-state index in [1.807, 2.05) is 6.07 Å². The molecule has 6 rings (SSSR count). The van der Waals surface area contributed by atoms with Gasteiger partial charge in [0.1, 0.15) is 5.69 Å². The normalized spacial score (nSPS) is 14.2. The van der Waals surface area contributed by atoms with Gasteiger partial charge in [-0.3, -0.25) is 14.7 Å². The zero-order chi connectivity index (χ0) is 29.3. The van der Waals surface area contributed by atoms with Crippen LogP contribution in [0.3, 0.4) is 0 Å². The predicted molar refractivity (Wildman–Crippen MR) is 159 cm³/mol. The molecule has 3 heterocycles. The Morgan fingerprint density at radius 2 is 1.67 bits per heavy atom. The Morgan fingerprint density at radius 1 is 0.881 bits per heavy atom. The van der Waals surface area contributed by atoms with Crippen molar-refractivity contribution >= 4 is 49.7 Å². The van der Waals surface area contributed by atoms with Crippen LogP contribution in [0, 0.1) is 0 Å². The van der Waals surface area contributed by atoms with Crippen molar-refractivity contribution in [3.63, 3.8) is 0 Å². The van der Waals surface area contributed by atoms with Gasteiger partial charge in [-0.05, 0) is 55.6 Å². The van der Waals surface area contributed by atoms with E-state index in [0.717, 1.165) is 31.9 Å². The molecule has 2 aromatic heterocycles. The summed E-state index contributed by atoms with van der Waals surface area (Å²) < 4.78 is 26.4. The first-order chi connectivity index (χ1) is 20.3. The second-order valence-electron chi connectivity index (χ2n) is 9.99. The smallest absolute Gasteiger partial charge is 0.273 e. The molecular weight excluding hydrogens is 556 g/mol. The quantitative estimate of drug-likeness (QED) is 0.227. The van der Waals surface area contributed by atoms with Crippen LogP contribution in [0.4, 0.5) is 17.2 Å². The van der Waals surface area contributed by atoms with Crippen molar-refractivity contribution < 1.29 is 18.0 Å². The van der Waals surface area contributed by atoms with Gasteiger partial charge in [0, 0.05) is 37.3 Å². The van der Waals surface area contributed by atoms with Crippen molar-refractivity contribution in [1.29, 1.82) is 0 Å². The first kappa shape index (κ1) is 27.2. The average molecular weight is 585 g/mol. The molecule has 1 aliphatic heterocycles. The summed E-state index contributed by atoms with van der Waals surface area (Å²) >= 11 is 0. The number of nitrogens with one attached hydrogen (secondary N) is 4. The number of hydrogen-bond donors (Lipinski definition) is 4. The number of carbonyl (C=O) groups is 2. The third kappa shape index (κ3) is 5.34. The summed E-state index contributed by atoms with van der Waals surface area (Å²) in [6, 6.07) is 18.0. The number of hydrogen-bond acceptors (Lipinski definition) is 8. The highest BCUT2D eigenvalue weighted by atomic mass is 32.2. The Labute approximate surface area is 241 Å². The molecule has 0 unspecified atom stereocenters. The minimum absolute atomic E-state index is 0.0714. The van der Waals surface area contributed by atoms with Crippen molar-refractivity contribution in [3.05, 3.63) is 90.5 Å². The summed E-state index contributed by atoms with van der Waals surface area (Å²) in [5.41, 5.74) is 2.20. The van der Waals surface area contributed by atoms with E-state index in [1.165, 1.54) is 36.8 Å². The van der Waals surface area contributed by atoms with E-state index in [4.69, 9.17) is 0 Å². The van der Waals surface area contributed by atoms with E-state index >= 15 is 0 Å². The van der Waals surface area contributed by atoms with E-state index in [1.54, 1.807) is 36.4 Å². The molecule has 0 aliphatic carbocycles. The monoisotopic (exact) mass is 584 g/mol. The van der Waals surface area contributed by atoms with E-state index < -0.39 is 21.7 Å². The van der Waals surface area contributed by atoms with E-state index in [9.17, 15) is 18.0 Å². The van der Waals surface area contributed by atoms with Crippen LogP contribution in [-0.2, 0) is 9.84 Å². The fourth-order valence-electron chi connectivity index (χ4n) is 4.83. The fourth-order valence-corrected chi connectivity index (χ4v) is 6.14. The van der Waals surface area contributed by atoms with Gasteiger partial charge in [-0.1, -0.05) is 18.2 Å². The van der Waals surface area contributed by atoms with Gasteiger partial charge in [0.25, 0.3) is 11.8 Å². The van der Waals surface area contributed by atoms with Crippen molar-refractivity contribution in [1.82, 2.24) is 25.1 Å².